The largest absolute Gasteiger partial charge is 0.444 e. The van der Waals surface area contributed by atoms with Gasteiger partial charge in [0.05, 0.1) is 18.4 Å². The average Bonchev–Trinajstić information content (AvgIpc) is 2.56. The number of nitrogens with two attached hydrogens (primary N) is 1. The molecule has 0 spiro atoms. The molecule has 0 atom stereocenters. The third-order valence-electron chi connectivity index (χ3n) is 3.63. The highest BCUT2D eigenvalue weighted by molar-refractivity contribution is 5.87. The lowest BCUT2D eigenvalue weighted by Gasteiger charge is -2.20. The molecule has 0 saturated heterocycles. The molecule has 9 nitrogen and oxygen atoms in total. The number of aromatic nitrogens is 2. The number of carbonyl (C=O) groups excluding carboxylic acids is 2. The van der Waals surface area contributed by atoms with Gasteiger partial charge in [0, 0.05) is 23.0 Å². The normalized spacial score (nSPS) is 11.2. The number of nitrogens with one attached hydrogen (secondary N) is 2. The first kappa shape index (κ1) is 21.9. The van der Waals surface area contributed by atoms with Gasteiger partial charge >= 0.3 is 6.09 Å². The number of nitrogen functional groups attached to an aromatic ring is 1. The van der Waals surface area contributed by atoms with Crippen LogP contribution in [0, 0.1) is 0 Å². The van der Waals surface area contributed by atoms with Crippen molar-refractivity contribution in [2.45, 2.75) is 52.8 Å². The Morgan fingerprint density at radius 3 is 2.59 bits per heavy atom. The van der Waals surface area contributed by atoms with Gasteiger partial charge in [-0.05, 0) is 52.8 Å². The zero-order valence-corrected chi connectivity index (χ0v) is 17.3. The Hall–Kier alpha value is -3.36. The van der Waals surface area contributed by atoms with E-state index in [1.165, 1.54) is 10.8 Å². The molecule has 1 aromatic heterocycles. The van der Waals surface area contributed by atoms with E-state index in [-0.39, 0.29) is 18.4 Å². The minimum atomic E-state index is -0.652. The quantitative estimate of drug-likeness (QED) is 0.501. The van der Waals surface area contributed by atoms with Crippen LogP contribution >= 0.6 is 0 Å². The summed E-state index contributed by atoms with van der Waals surface area (Å²) in [7, 11) is 0. The fraction of sp³-hybridized carbons (Fsp3) is 0.400. The van der Waals surface area contributed by atoms with Crippen LogP contribution in [0.25, 0.3) is 11.3 Å². The number of anilines is 3. The Bertz CT molecular complexity index is 960. The van der Waals surface area contributed by atoms with E-state index in [0.717, 1.165) is 0 Å². The monoisotopic (exact) mass is 401 g/mol. The van der Waals surface area contributed by atoms with Crippen molar-refractivity contribution >= 4 is 29.6 Å². The van der Waals surface area contributed by atoms with Gasteiger partial charge in [0.15, 0.2) is 5.82 Å². The van der Waals surface area contributed by atoms with Crippen molar-refractivity contribution in [1.82, 2.24) is 9.55 Å². The standard InChI is InChI=1S/C20H27N5O4/c1-12(2)23-17-18(27)25(6-7-26)16(11-22-17)13-8-14(21)10-15(9-13)24-19(28)29-20(3,4)5/h7-12H,6,21H2,1-5H3,(H,22,23)(H,24,28). The van der Waals surface area contributed by atoms with Crippen molar-refractivity contribution in [2.75, 3.05) is 16.4 Å². The molecule has 0 unspecified atom stereocenters. The van der Waals surface area contributed by atoms with Crippen LogP contribution in [-0.4, -0.2) is 33.6 Å². The highest BCUT2D eigenvalue weighted by Crippen LogP contribution is 2.26. The number of hydrogen-bond acceptors (Lipinski definition) is 7. The van der Waals surface area contributed by atoms with Crippen molar-refractivity contribution < 1.29 is 14.3 Å². The maximum atomic E-state index is 12.8. The molecule has 2 aromatic rings. The van der Waals surface area contributed by atoms with Crippen molar-refractivity contribution in [3.8, 4) is 11.3 Å². The van der Waals surface area contributed by atoms with Crippen LogP contribution in [0.2, 0.25) is 0 Å². The number of amides is 1. The lowest BCUT2D eigenvalue weighted by atomic mass is 10.1. The molecule has 156 valence electrons. The summed E-state index contributed by atoms with van der Waals surface area (Å²) in [5.41, 5.74) is 6.58. The van der Waals surface area contributed by atoms with Gasteiger partial charge in [0.1, 0.15) is 11.9 Å². The topological polar surface area (TPSA) is 128 Å². The van der Waals surface area contributed by atoms with Crippen LogP contribution in [0.1, 0.15) is 34.6 Å². The summed E-state index contributed by atoms with van der Waals surface area (Å²) >= 11 is 0. The molecule has 0 aliphatic heterocycles. The number of carbonyl (C=O) groups is 2. The molecule has 0 bridgehead atoms. The smallest absolute Gasteiger partial charge is 0.412 e. The molecule has 0 aliphatic rings. The van der Waals surface area contributed by atoms with Gasteiger partial charge in [-0.2, -0.15) is 0 Å². The van der Waals surface area contributed by atoms with Crippen molar-refractivity contribution in [3.63, 3.8) is 0 Å². The van der Waals surface area contributed by atoms with E-state index in [2.05, 4.69) is 15.6 Å². The summed E-state index contributed by atoms with van der Waals surface area (Å²) in [5.74, 6) is 0.154. The Morgan fingerprint density at radius 2 is 2.00 bits per heavy atom. The maximum absolute atomic E-state index is 12.8. The van der Waals surface area contributed by atoms with E-state index in [0.29, 0.717) is 28.9 Å². The van der Waals surface area contributed by atoms with E-state index in [4.69, 9.17) is 10.5 Å². The SMILES string of the molecule is CC(C)Nc1ncc(-c2cc(N)cc(NC(=O)OC(C)(C)C)c2)n(CC=O)c1=O. The third kappa shape index (κ3) is 6.06. The summed E-state index contributed by atoms with van der Waals surface area (Å²) < 4.78 is 6.55. The lowest BCUT2D eigenvalue weighted by molar-refractivity contribution is -0.108. The highest BCUT2D eigenvalue weighted by atomic mass is 16.6. The molecule has 2 rings (SSSR count). The molecule has 0 radical (unpaired) electrons. The Kier molecular flexibility index (Phi) is 6.63. The van der Waals surface area contributed by atoms with Crippen LogP contribution < -0.4 is 21.9 Å². The molecular formula is C20H27N5O4. The van der Waals surface area contributed by atoms with Crippen LogP contribution in [0.15, 0.2) is 29.2 Å². The summed E-state index contributed by atoms with van der Waals surface area (Å²) in [4.78, 5) is 40.2. The number of ether oxygens (including phenoxy) is 1. The summed E-state index contributed by atoms with van der Waals surface area (Å²) in [5, 5.41) is 5.58. The molecule has 9 heteroatoms. The summed E-state index contributed by atoms with van der Waals surface area (Å²) in [6.07, 6.45) is 1.49. The van der Waals surface area contributed by atoms with Crippen LogP contribution in [0.5, 0.6) is 0 Å². The molecule has 1 heterocycles. The van der Waals surface area contributed by atoms with Crippen molar-refractivity contribution in [1.29, 1.82) is 0 Å². The molecule has 0 aliphatic carbocycles. The van der Waals surface area contributed by atoms with Crippen molar-refractivity contribution in [2.24, 2.45) is 0 Å². The van der Waals surface area contributed by atoms with Gasteiger partial charge < -0.3 is 20.6 Å². The van der Waals surface area contributed by atoms with Crippen LogP contribution in [0.3, 0.4) is 0 Å². The van der Waals surface area contributed by atoms with Gasteiger partial charge in [0.25, 0.3) is 5.56 Å². The molecule has 4 N–H and O–H groups in total. The van der Waals surface area contributed by atoms with E-state index in [9.17, 15) is 14.4 Å². The fourth-order valence-corrected chi connectivity index (χ4v) is 2.64. The predicted molar refractivity (Wildman–Crippen MR) is 113 cm³/mol. The molecule has 0 saturated carbocycles. The van der Waals surface area contributed by atoms with Gasteiger partial charge in [-0.3, -0.25) is 14.7 Å². The van der Waals surface area contributed by atoms with E-state index in [1.54, 1.807) is 39.0 Å². The zero-order chi connectivity index (χ0) is 21.8. The second kappa shape index (κ2) is 8.76. The average molecular weight is 401 g/mol. The number of aldehydes is 1. The summed E-state index contributed by atoms with van der Waals surface area (Å²) in [6.45, 7) is 8.89. The minimum absolute atomic E-state index is 0.00253. The van der Waals surface area contributed by atoms with E-state index >= 15 is 0 Å². The fourth-order valence-electron chi connectivity index (χ4n) is 2.64. The third-order valence-corrected chi connectivity index (χ3v) is 3.63. The van der Waals surface area contributed by atoms with E-state index in [1.807, 2.05) is 13.8 Å². The molecule has 1 aromatic carbocycles. The van der Waals surface area contributed by atoms with Crippen LogP contribution in [0.4, 0.5) is 22.0 Å². The van der Waals surface area contributed by atoms with Gasteiger partial charge in [-0.25, -0.2) is 9.78 Å². The number of nitrogens with zero attached hydrogens (tertiary/aromatic N) is 2. The second-order valence-corrected chi connectivity index (χ2v) is 7.84. The van der Waals surface area contributed by atoms with Gasteiger partial charge in [-0.15, -0.1) is 0 Å². The molecule has 1 amide bonds. The Balaban J connectivity index is 2.47. The highest BCUT2D eigenvalue weighted by Gasteiger charge is 2.18. The zero-order valence-electron chi connectivity index (χ0n) is 17.3. The Labute approximate surface area is 169 Å². The number of hydrogen-bond donors (Lipinski definition) is 3. The van der Waals surface area contributed by atoms with E-state index < -0.39 is 17.3 Å². The van der Waals surface area contributed by atoms with Gasteiger partial charge in [0.2, 0.25) is 0 Å². The van der Waals surface area contributed by atoms with Crippen molar-refractivity contribution in [3.05, 3.63) is 34.7 Å². The first-order chi connectivity index (χ1) is 13.5. The first-order valence-corrected chi connectivity index (χ1v) is 9.21. The number of benzene rings is 1. The Morgan fingerprint density at radius 1 is 1.31 bits per heavy atom. The maximum Gasteiger partial charge on any atom is 0.412 e. The minimum Gasteiger partial charge on any atom is -0.444 e. The summed E-state index contributed by atoms with van der Waals surface area (Å²) in [6, 6.07) is 4.83. The predicted octanol–water partition coefficient (Wildman–Crippen LogP) is 2.86. The lowest BCUT2D eigenvalue weighted by Crippen LogP contribution is -2.29. The second-order valence-electron chi connectivity index (χ2n) is 7.84. The molecule has 0 fully saturated rings. The van der Waals surface area contributed by atoms with Crippen LogP contribution in [-0.2, 0) is 16.1 Å². The van der Waals surface area contributed by atoms with Gasteiger partial charge in [-0.1, -0.05) is 0 Å². The molecule has 29 heavy (non-hydrogen) atoms. The molecular weight excluding hydrogens is 374 g/mol. The first-order valence-electron chi connectivity index (χ1n) is 9.21. The number of rotatable bonds is 6.